The van der Waals surface area contributed by atoms with E-state index in [4.69, 9.17) is 0 Å². The molecular weight excluding hydrogens is 292 g/mol. The Morgan fingerprint density at radius 3 is 2.70 bits per heavy atom. The number of hydrogen-bond donors (Lipinski definition) is 2. The Bertz CT molecular complexity index is 547. The molecule has 1 atom stereocenters. The molecule has 1 aromatic rings. The first-order valence-electron chi connectivity index (χ1n) is 8.48. The van der Waals surface area contributed by atoms with Crippen LogP contribution >= 0.6 is 0 Å². The SMILES string of the molecule is CC(=O)N1CC2(CCN(Cc3cnc[nH]3)CC2)CC(O)C1(C)C. The number of H-pyrrole nitrogens is 1. The molecule has 3 heterocycles. The van der Waals surface area contributed by atoms with E-state index in [2.05, 4.69) is 14.9 Å². The molecule has 2 saturated heterocycles. The van der Waals surface area contributed by atoms with E-state index >= 15 is 0 Å². The molecule has 0 aliphatic carbocycles. The van der Waals surface area contributed by atoms with E-state index in [1.165, 1.54) is 0 Å². The van der Waals surface area contributed by atoms with Crippen LogP contribution in [0.2, 0.25) is 0 Å². The van der Waals surface area contributed by atoms with Gasteiger partial charge in [-0.1, -0.05) is 0 Å². The molecule has 128 valence electrons. The minimum absolute atomic E-state index is 0.0606. The molecule has 0 bridgehead atoms. The van der Waals surface area contributed by atoms with Crippen molar-refractivity contribution < 1.29 is 9.90 Å². The number of nitrogens with one attached hydrogen (secondary N) is 1. The van der Waals surface area contributed by atoms with Gasteiger partial charge in [-0.2, -0.15) is 0 Å². The van der Waals surface area contributed by atoms with Gasteiger partial charge in [0.25, 0.3) is 0 Å². The number of carbonyl (C=O) groups excluding carboxylic acids is 1. The van der Waals surface area contributed by atoms with Gasteiger partial charge in [0.1, 0.15) is 0 Å². The predicted octanol–water partition coefficient (Wildman–Crippen LogP) is 1.38. The van der Waals surface area contributed by atoms with E-state index in [-0.39, 0.29) is 11.3 Å². The molecule has 0 radical (unpaired) electrons. The van der Waals surface area contributed by atoms with Crippen molar-refractivity contribution in [2.75, 3.05) is 19.6 Å². The number of rotatable bonds is 2. The van der Waals surface area contributed by atoms with Crippen molar-refractivity contribution in [1.82, 2.24) is 19.8 Å². The number of aromatic amines is 1. The molecule has 1 amide bonds. The van der Waals surface area contributed by atoms with Gasteiger partial charge in [-0.25, -0.2) is 4.98 Å². The number of likely N-dealkylation sites (tertiary alicyclic amines) is 2. The molecule has 6 heteroatoms. The number of aromatic nitrogens is 2. The number of hydrogen-bond acceptors (Lipinski definition) is 4. The second-order valence-electron chi connectivity index (χ2n) is 7.83. The van der Waals surface area contributed by atoms with Crippen LogP contribution in [0.4, 0.5) is 0 Å². The first-order chi connectivity index (χ1) is 10.8. The standard InChI is InChI=1S/C17H28N4O2/c1-13(22)21-11-17(8-15(23)16(21,2)3)4-6-20(7-5-17)10-14-9-18-12-19-14/h9,12,15,23H,4-8,10-11H2,1-3H3,(H,18,19). The average molecular weight is 320 g/mol. The van der Waals surface area contributed by atoms with Crippen molar-refractivity contribution in [3.05, 3.63) is 18.2 Å². The van der Waals surface area contributed by atoms with E-state index < -0.39 is 11.6 Å². The van der Waals surface area contributed by atoms with Gasteiger partial charge in [0.05, 0.1) is 18.0 Å². The first-order valence-corrected chi connectivity index (χ1v) is 8.48. The fourth-order valence-electron chi connectivity index (χ4n) is 4.12. The van der Waals surface area contributed by atoms with Crippen LogP contribution in [0.25, 0.3) is 0 Å². The van der Waals surface area contributed by atoms with Gasteiger partial charge in [0.2, 0.25) is 5.91 Å². The van der Waals surface area contributed by atoms with E-state index in [0.717, 1.165) is 51.1 Å². The monoisotopic (exact) mass is 320 g/mol. The summed E-state index contributed by atoms with van der Waals surface area (Å²) in [6.45, 7) is 9.21. The van der Waals surface area contributed by atoms with Crippen LogP contribution in [0.5, 0.6) is 0 Å². The molecule has 1 spiro atoms. The zero-order valence-corrected chi connectivity index (χ0v) is 14.4. The Labute approximate surface area is 137 Å². The third-order valence-corrected chi connectivity index (χ3v) is 5.88. The molecule has 1 unspecified atom stereocenters. The molecule has 2 aliphatic heterocycles. The summed E-state index contributed by atoms with van der Waals surface area (Å²) in [6, 6.07) is 0. The van der Waals surface area contributed by atoms with Gasteiger partial charge >= 0.3 is 0 Å². The second-order valence-corrected chi connectivity index (χ2v) is 7.83. The lowest BCUT2D eigenvalue weighted by Crippen LogP contribution is -2.64. The largest absolute Gasteiger partial charge is 0.391 e. The molecule has 2 N–H and O–H groups in total. The first kappa shape index (κ1) is 16.5. The molecule has 2 fully saturated rings. The second kappa shape index (κ2) is 5.91. The van der Waals surface area contributed by atoms with Crippen LogP contribution in [0.15, 0.2) is 12.5 Å². The number of carbonyl (C=O) groups is 1. The maximum Gasteiger partial charge on any atom is 0.219 e. The third-order valence-electron chi connectivity index (χ3n) is 5.88. The molecule has 1 aromatic heterocycles. The Morgan fingerprint density at radius 1 is 1.43 bits per heavy atom. The van der Waals surface area contributed by atoms with Crippen molar-refractivity contribution in [3.63, 3.8) is 0 Å². The van der Waals surface area contributed by atoms with Crippen LogP contribution in [0.3, 0.4) is 0 Å². The Kier molecular flexibility index (Phi) is 4.23. The summed E-state index contributed by atoms with van der Waals surface area (Å²) in [5.74, 6) is 0.0630. The van der Waals surface area contributed by atoms with Gasteiger partial charge in [-0.05, 0) is 51.6 Å². The van der Waals surface area contributed by atoms with Gasteiger partial charge in [-0.3, -0.25) is 9.69 Å². The third kappa shape index (κ3) is 3.15. The van der Waals surface area contributed by atoms with E-state index in [9.17, 15) is 9.90 Å². The summed E-state index contributed by atoms with van der Waals surface area (Å²) < 4.78 is 0. The highest BCUT2D eigenvalue weighted by atomic mass is 16.3. The Hall–Kier alpha value is -1.40. The summed E-state index contributed by atoms with van der Waals surface area (Å²) in [5.41, 5.74) is 0.728. The van der Waals surface area contributed by atoms with Crippen LogP contribution in [0, 0.1) is 5.41 Å². The lowest BCUT2D eigenvalue weighted by Gasteiger charge is -2.55. The van der Waals surface area contributed by atoms with Gasteiger partial charge < -0.3 is 15.0 Å². The van der Waals surface area contributed by atoms with Crippen molar-refractivity contribution in [2.45, 2.75) is 58.2 Å². The molecular formula is C17H28N4O2. The average Bonchev–Trinajstić information content (AvgIpc) is 2.99. The fraction of sp³-hybridized carbons (Fsp3) is 0.765. The minimum Gasteiger partial charge on any atom is -0.391 e. The number of piperidine rings is 2. The number of aliphatic hydroxyl groups is 1. The highest BCUT2D eigenvalue weighted by Crippen LogP contribution is 2.45. The van der Waals surface area contributed by atoms with Gasteiger partial charge in [0, 0.05) is 31.9 Å². The topological polar surface area (TPSA) is 72.5 Å². The lowest BCUT2D eigenvalue weighted by molar-refractivity contribution is -0.157. The maximum absolute atomic E-state index is 12.1. The summed E-state index contributed by atoms with van der Waals surface area (Å²) in [6.07, 6.45) is 5.97. The maximum atomic E-state index is 12.1. The quantitative estimate of drug-likeness (QED) is 0.863. The zero-order chi connectivity index (χ0) is 16.7. The molecule has 23 heavy (non-hydrogen) atoms. The van der Waals surface area contributed by atoms with E-state index in [1.54, 1.807) is 13.3 Å². The number of amides is 1. The minimum atomic E-state index is -0.468. The highest BCUT2D eigenvalue weighted by molar-refractivity contribution is 5.74. The van der Waals surface area contributed by atoms with Crippen molar-refractivity contribution >= 4 is 5.91 Å². The van der Waals surface area contributed by atoms with Crippen LogP contribution in [-0.4, -0.2) is 62.1 Å². The number of aliphatic hydroxyl groups excluding tert-OH is 1. The molecule has 2 aliphatic rings. The van der Waals surface area contributed by atoms with Gasteiger partial charge in [0.15, 0.2) is 0 Å². The summed E-state index contributed by atoms with van der Waals surface area (Å²) in [7, 11) is 0. The fourth-order valence-corrected chi connectivity index (χ4v) is 4.12. The molecule has 0 aromatic carbocycles. The zero-order valence-electron chi connectivity index (χ0n) is 14.4. The van der Waals surface area contributed by atoms with Crippen molar-refractivity contribution in [3.8, 4) is 0 Å². The summed E-state index contributed by atoms with van der Waals surface area (Å²) in [5, 5.41) is 10.6. The highest BCUT2D eigenvalue weighted by Gasteiger charge is 2.50. The Balaban J connectivity index is 1.66. The molecule has 0 saturated carbocycles. The van der Waals surface area contributed by atoms with Crippen LogP contribution in [-0.2, 0) is 11.3 Å². The Morgan fingerprint density at radius 2 is 2.13 bits per heavy atom. The van der Waals surface area contributed by atoms with E-state index in [1.807, 2.05) is 24.9 Å². The van der Waals surface area contributed by atoms with Crippen molar-refractivity contribution in [1.29, 1.82) is 0 Å². The summed E-state index contributed by atoms with van der Waals surface area (Å²) >= 11 is 0. The molecule has 6 nitrogen and oxygen atoms in total. The van der Waals surface area contributed by atoms with Crippen LogP contribution < -0.4 is 0 Å². The smallest absolute Gasteiger partial charge is 0.219 e. The number of nitrogens with zero attached hydrogens (tertiary/aromatic N) is 3. The molecule has 3 rings (SSSR count). The lowest BCUT2D eigenvalue weighted by atomic mass is 9.67. The normalized spacial score (nSPS) is 27.3. The van der Waals surface area contributed by atoms with E-state index in [0.29, 0.717) is 0 Å². The number of imidazole rings is 1. The summed E-state index contributed by atoms with van der Waals surface area (Å²) in [4.78, 5) is 23.6. The van der Waals surface area contributed by atoms with Crippen LogP contribution in [0.1, 0.15) is 45.7 Å². The van der Waals surface area contributed by atoms with Crippen molar-refractivity contribution in [2.24, 2.45) is 5.41 Å². The predicted molar refractivity (Wildman–Crippen MR) is 87.6 cm³/mol. The van der Waals surface area contributed by atoms with Gasteiger partial charge in [-0.15, -0.1) is 0 Å².